The molecule has 0 amide bonds. The van der Waals surface area contributed by atoms with E-state index in [4.69, 9.17) is 0 Å². The van der Waals surface area contributed by atoms with Gasteiger partial charge in [0.25, 0.3) is 0 Å². The SMILES string of the molecule is Cl.Cl.FC(F)(F)CC[C@H](c1cc(Br)ccc1OC(F)(F)F)N1CCNCC1. The van der Waals surface area contributed by atoms with Crippen LogP contribution in [0.2, 0.25) is 0 Å². The van der Waals surface area contributed by atoms with Gasteiger partial charge >= 0.3 is 12.5 Å². The molecule has 0 spiro atoms. The van der Waals surface area contributed by atoms with E-state index in [1.807, 2.05) is 0 Å². The molecule has 1 atom stereocenters. The third-order valence-electron chi connectivity index (χ3n) is 3.85. The fourth-order valence-electron chi connectivity index (χ4n) is 2.83. The van der Waals surface area contributed by atoms with Gasteiger partial charge in [0.2, 0.25) is 0 Å². The summed E-state index contributed by atoms with van der Waals surface area (Å²) >= 11 is 3.17. The number of rotatable bonds is 5. The predicted octanol–water partition coefficient (Wildman–Crippen LogP) is 5.48. The lowest BCUT2D eigenvalue weighted by atomic mass is 9.98. The average molecular weight is 508 g/mol. The molecule has 1 N–H and O–H groups in total. The number of nitrogens with one attached hydrogen (secondary N) is 1. The smallest absolute Gasteiger partial charge is 0.405 e. The van der Waals surface area contributed by atoms with Gasteiger partial charge in [0, 0.05) is 48.7 Å². The molecule has 0 bridgehead atoms. The van der Waals surface area contributed by atoms with E-state index in [1.54, 1.807) is 4.90 Å². The molecule has 3 nitrogen and oxygen atoms in total. The monoisotopic (exact) mass is 506 g/mol. The number of alkyl halides is 6. The van der Waals surface area contributed by atoms with Crippen molar-refractivity contribution in [1.82, 2.24) is 10.2 Å². The first-order valence-corrected chi connectivity index (χ1v) is 8.41. The molecule has 1 aliphatic rings. The van der Waals surface area contributed by atoms with E-state index in [0.717, 1.165) is 6.07 Å². The van der Waals surface area contributed by atoms with Crippen LogP contribution in [0.15, 0.2) is 22.7 Å². The molecule has 1 aliphatic heterocycles. The summed E-state index contributed by atoms with van der Waals surface area (Å²) < 4.78 is 80.6. The van der Waals surface area contributed by atoms with Crippen LogP contribution in [0.25, 0.3) is 0 Å². The van der Waals surface area contributed by atoms with Crippen LogP contribution in [0, 0.1) is 0 Å². The normalized spacial score (nSPS) is 16.9. The van der Waals surface area contributed by atoms with E-state index >= 15 is 0 Å². The summed E-state index contributed by atoms with van der Waals surface area (Å²) in [7, 11) is 0. The maximum Gasteiger partial charge on any atom is 0.573 e. The lowest BCUT2D eigenvalue weighted by molar-refractivity contribution is -0.275. The van der Waals surface area contributed by atoms with Crippen LogP contribution in [0.3, 0.4) is 0 Å². The van der Waals surface area contributed by atoms with Crippen LogP contribution in [0.5, 0.6) is 5.75 Å². The minimum absolute atomic E-state index is 0. The summed E-state index contributed by atoms with van der Waals surface area (Å²) in [5.74, 6) is -0.471. The zero-order valence-electron chi connectivity index (χ0n) is 13.9. The molecule has 1 aromatic rings. The summed E-state index contributed by atoms with van der Waals surface area (Å²) in [6.07, 6.45) is -10.7. The topological polar surface area (TPSA) is 24.5 Å². The molecule has 12 heteroatoms. The van der Waals surface area contributed by atoms with Crippen LogP contribution >= 0.6 is 40.7 Å². The van der Waals surface area contributed by atoms with Gasteiger partial charge in [0.05, 0.1) is 0 Å². The van der Waals surface area contributed by atoms with Crippen LogP contribution < -0.4 is 10.1 Å². The second kappa shape index (κ2) is 10.9. The summed E-state index contributed by atoms with van der Waals surface area (Å²) in [6.45, 7) is 2.01. The van der Waals surface area contributed by atoms with E-state index in [0.29, 0.717) is 30.7 Å². The highest BCUT2D eigenvalue weighted by molar-refractivity contribution is 9.10. The Hall–Kier alpha value is -0.420. The second-order valence-corrected chi connectivity index (χ2v) is 6.60. The summed E-state index contributed by atoms with van der Waals surface area (Å²) in [4.78, 5) is 1.76. The van der Waals surface area contributed by atoms with Gasteiger partial charge in [0.1, 0.15) is 5.75 Å². The van der Waals surface area contributed by atoms with Crippen molar-refractivity contribution < 1.29 is 31.1 Å². The highest BCUT2D eigenvalue weighted by Crippen LogP contribution is 2.39. The fraction of sp³-hybridized carbons (Fsp3) is 0.600. The van der Waals surface area contributed by atoms with Crippen LogP contribution in [0.1, 0.15) is 24.4 Å². The Morgan fingerprint density at radius 3 is 2.19 bits per heavy atom. The highest BCUT2D eigenvalue weighted by Gasteiger charge is 2.36. The molecule has 2 rings (SSSR count). The van der Waals surface area contributed by atoms with Crippen molar-refractivity contribution in [2.45, 2.75) is 31.4 Å². The molecule has 0 aromatic heterocycles. The van der Waals surface area contributed by atoms with Crippen molar-refractivity contribution in [2.75, 3.05) is 26.2 Å². The third kappa shape index (κ3) is 9.08. The van der Waals surface area contributed by atoms with Crippen molar-refractivity contribution in [3.05, 3.63) is 28.2 Å². The van der Waals surface area contributed by atoms with E-state index in [-0.39, 0.29) is 36.8 Å². The lowest BCUT2D eigenvalue weighted by Crippen LogP contribution is -2.45. The maximum atomic E-state index is 12.7. The number of hydrogen-bond donors (Lipinski definition) is 1. The average Bonchev–Trinajstić information content (AvgIpc) is 2.49. The van der Waals surface area contributed by atoms with Gasteiger partial charge in [0.15, 0.2) is 0 Å². The molecule has 1 aromatic carbocycles. The van der Waals surface area contributed by atoms with Gasteiger partial charge in [-0.05, 0) is 24.6 Å². The number of ether oxygens (including phenoxy) is 1. The molecule has 0 radical (unpaired) electrons. The van der Waals surface area contributed by atoms with E-state index in [2.05, 4.69) is 26.0 Å². The molecule has 1 fully saturated rings. The molecule has 0 saturated carbocycles. The van der Waals surface area contributed by atoms with Crippen molar-refractivity contribution in [3.63, 3.8) is 0 Å². The van der Waals surface area contributed by atoms with Gasteiger partial charge < -0.3 is 10.1 Å². The fourth-order valence-corrected chi connectivity index (χ4v) is 3.21. The molecule has 1 saturated heterocycles. The first kappa shape index (κ1) is 26.6. The second-order valence-electron chi connectivity index (χ2n) is 5.69. The molecule has 1 heterocycles. The number of nitrogens with zero attached hydrogens (tertiary/aromatic N) is 1. The first-order valence-electron chi connectivity index (χ1n) is 7.62. The zero-order valence-corrected chi connectivity index (χ0v) is 17.1. The Morgan fingerprint density at radius 1 is 1.07 bits per heavy atom. The van der Waals surface area contributed by atoms with E-state index in [1.165, 1.54) is 12.1 Å². The quantitative estimate of drug-likeness (QED) is 0.534. The van der Waals surface area contributed by atoms with Gasteiger partial charge in [-0.25, -0.2) is 0 Å². The van der Waals surface area contributed by atoms with Gasteiger partial charge in [-0.2, -0.15) is 13.2 Å². The van der Waals surface area contributed by atoms with Gasteiger partial charge in [-0.3, -0.25) is 4.90 Å². The standard InChI is InChI=1S/C15H17BrF6N2O.2ClH/c16-10-1-2-13(25-15(20,21)22)11(9-10)12(3-4-14(17,18)19)24-7-5-23-6-8-24;;/h1-2,9,12,23H,3-8H2;2*1H/t12-;;/m1../s1. The predicted molar refractivity (Wildman–Crippen MR) is 97.8 cm³/mol. The Morgan fingerprint density at radius 2 is 1.67 bits per heavy atom. The molecule has 0 unspecified atom stereocenters. The van der Waals surface area contributed by atoms with E-state index in [9.17, 15) is 26.3 Å². The Labute approximate surface area is 173 Å². The van der Waals surface area contributed by atoms with Crippen LogP contribution in [-0.2, 0) is 0 Å². The Kier molecular flexibility index (Phi) is 10.8. The summed E-state index contributed by atoms with van der Waals surface area (Å²) in [5, 5.41) is 3.07. The van der Waals surface area contributed by atoms with Crippen LogP contribution in [0.4, 0.5) is 26.3 Å². The summed E-state index contributed by atoms with van der Waals surface area (Å²) in [6, 6.07) is 3.06. The third-order valence-corrected chi connectivity index (χ3v) is 4.34. The Balaban J connectivity index is 0.00000338. The Bertz CT molecular complexity index is 582. The number of halogens is 9. The van der Waals surface area contributed by atoms with Crippen molar-refractivity contribution in [1.29, 1.82) is 0 Å². The van der Waals surface area contributed by atoms with Crippen molar-refractivity contribution in [2.24, 2.45) is 0 Å². The minimum Gasteiger partial charge on any atom is -0.405 e. The van der Waals surface area contributed by atoms with Gasteiger partial charge in [-0.1, -0.05) is 15.9 Å². The largest absolute Gasteiger partial charge is 0.573 e. The number of piperazine rings is 1. The lowest BCUT2D eigenvalue weighted by Gasteiger charge is -2.36. The van der Waals surface area contributed by atoms with Crippen LogP contribution in [-0.4, -0.2) is 43.6 Å². The zero-order chi connectivity index (χ0) is 18.7. The molecule has 0 aliphatic carbocycles. The summed E-state index contributed by atoms with van der Waals surface area (Å²) in [5.41, 5.74) is 0.0952. The number of hydrogen-bond acceptors (Lipinski definition) is 3. The van der Waals surface area contributed by atoms with Gasteiger partial charge in [-0.15, -0.1) is 38.0 Å². The molecular weight excluding hydrogens is 489 g/mol. The minimum atomic E-state index is -4.92. The molecule has 27 heavy (non-hydrogen) atoms. The highest BCUT2D eigenvalue weighted by atomic mass is 79.9. The van der Waals surface area contributed by atoms with E-state index < -0.39 is 30.8 Å². The number of benzene rings is 1. The molecular formula is C15H19BrCl2F6N2O. The van der Waals surface area contributed by atoms with Crippen molar-refractivity contribution >= 4 is 40.7 Å². The molecule has 158 valence electrons. The maximum absolute atomic E-state index is 12.7. The van der Waals surface area contributed by atoms with Crippen molar-refractivity contribution in [3.8, 4) is 5.75 Å². The first-order chi connectivity index (χ1) is 11.6.